The van der Waals surface area contributed by atoms with Gasteiger partial charge in [-0.3, -0.25) is 0 Å². The Morgan fingerprint density at radius 2 is 2.06 bits per heavy atom. The average molecular weight is 242 g/mol. The van der Waals surface area contributed by atoms with Crippen LogP contribution in [-0.2, 0) is 0 Å². The van der Waals surface area contributed by atoms with E-state index in [0.717, 1.165) is 45.6 Å². The average Bonchev–Trinajstić information content (AvgIpc) is 2.29. The fraction of sp³-hybridized carbons (Fsp3) is 1.00. The van der Waals surface area contributed by atoms with Crippen molar-refractivity contribution in [2.24, 2.45) is 5.92 Å². The van der Waals surface area contributed by atoms with Crippen LogP contribution in [0.5, 0.6) is 0 Å². The highest BCUT2D eigenvalue weighted by atomic mass is 16.3. The van der Waals surface area contributed by atoms with Crippen LogP contribution < -0.4 is 5.32 Å². The standard InChI is InChI=1S/C14H30N2O/c1-4-16(5-2)10-9-15-12-14(17)8-6-7-13(3)11-14/h13,15,17H,4-12H2,1-3H3. The first kappa shape index (κ1) is 14.9. The number of rotatable bonds is 7. The van der Waals surface area contributed by atoms with E-state index in [-0.39, 0.29) is 0 Å². The number of nitrogens with one attached hydrogen (secondary N) is 1. The molecule has 1 aliphatic carbocycles. The van der Waals surface area contributed by atoms with E-state index in [0.29, 0.717) is 5.92 Å². The normalized spacial score (nSPS) is 29.8. The van der Waals surface area contributed by atoms with E-state index in [9.17, 15) is 5.11 Å². The van der Waals surface area contributed by atoms with Gasteiger partial charge in [-0.15, -0.1) is 0 Å². The molecule has 0 aliphatic heterocycles. The van der Waals surface area contributed by atoms with E-state index in [1.807, 2.05) is 0 Å². The zero-order valence-electron chi connectivity index (χ0n) is 11.8. The third kappa shape index (κ3) is 5.36. The summed E-state index contributed by atoms with van der Waals surface area (Å²) in [6.45, 7) is 11.7. The SMILES string of the molecule is CCN(CC)CCNCC1(O)CCCC(C)C1. The molecule has 0 amide bonds. The van der Waals surface area contributed by atoms with Gasteiger partial charge in [0.1, 0.15) is 0 Å². The maximum atomic E-state index is 10.4. The summed E-state index contributed by atoms with van der Waals surface area (Å²) in [5.74, 6) is 0.679. The fourth-order valence-electron chi connectivity index (χ4n) is 2.89. The van der Waals surface area contributed by atoms with Crippen molar-refractivity contribution in [3.8, 4) is 0 Å². The predicted octanol–water partition coefficient (Wildman–Crippen LogP) is 1.86. The maximum Gasteiger partial charge on any atom is 0.0774 e. The number of aliphatic hydroxyl groups is 1. The van der Waals surface area contributed by atoms with Crippen molar-refractivity contribution in [2.75, 3.05) is 32.7 Å². The van der Waals surface area contributed by atoms with Crippen LogP contribution in [0.4, 0.5) is 0 Å². The van der Waals surface area contributed by atoms with Gasteiger partial charge >= 0.3 is 0 Å². The van der Waals surface area contributed by atoms with Gasteiger partial charge in [-0.25, -0.2) is 0 Å². The second kappa shape index (κ2) is 7.34. The summed E-state index contributed by atoms with van der Waals surface area (Å²) in [5.41, 5.74) is -0.444. The number of hydrogen-bond donors (Lipinski definition) is 2. The number of likely N-dealkylation sites (N-methyl/N-ethyl adjacent to an activating group) is 1. The second-order valence-corrected chi connectivity index (χ2v) is 5.63. The highest BCUT2D eigenvalue weighted by Crippen LogP contribution is 2.31. The van der Waals surface area contributed by atoms with Crippen molar-refractivity contribution in [3.05, 3.63) is 0 Å². The smallest absolute Gasteiger partial charge is 0.0774 e. The van der Waals surface area contributed by atoms with Gasteiger partial charge in [-0.05, 0) is 31.8 Å². The molecule has 1 rings (SSSR count). The Labute approximate surface area is 107 Å². The van der Waals surface area contributed by atoms with E-state index in [1.54, 1.807) is 0 Å². The molecule has 1 aliphatic rings. The molecule has 0 aromatic carbocycles. The van der Waals surface area contributed by atoms with Crippen molar-refractivity contribution in [1.29, 1.82) is 0 Å². The first-order valence-corrected chi connectivity index (χ1v) is 7.25. The highest BCUT2D eigenvalue weighted by molar-refractivity contribution is 4.86. The summed E-state index contributed by atoms with van der Waals surface area (Å²) in [4.78, 5) is 2.40. The van der Waals surface area contributed by atoms with Crippen LogP contribution in [0, 0.1) is 5.92 Å². The Kier molecular flexibility index (Phi) is 6.45. The van der Waals surface area contributed by atoms with E-state index in [2.05, 4.69) is 31.0 Å². The lowest BCUT2D eigenvalue weighted by Crippen LogP contribution is -2.45. The Morgan fingerprint density at radius 3 is 2.65 bits per heavy atom. The minimum absolute atomic E-state index is 0.444. The highest BCUT2D eigenvalue weighted by Gasteiger charge is 2.31. The van der Waals surface area contributed by atoms with Gasteiger partial charge in [-0.1, -0.05) is 33.6 Å². The molecule has 17 heavy (non-hydrogen) atoms. The lowest BCUT2D eigenvalue weighted by Gasteiger charge is -2.36. The van der Waals surface area contributed by atoms with Crippen molar-refractivity contribution in [1.82, 2.24) is 10.2 Å². The van der Waals surface area contributed by atoms with Crippen molar-refractivity contribution >= 4 is 0 Å². The largest absolute Gasteiger partial charge is 0.389 e. The molecule has 2 atom stereocenters. The van der Waals surface area contributed by atoms with Gasteiger partial charge in [0.05, 0.1) is 5.60 Å². The van der Waals surface area contributed by atoms with Crippen LogP contribution in [0.1, 0.15) is 46.5 Å². The van der Waals surface area contributed by atoms with E-state index in [4.69, 9.17) is 0 Å². The van der Waals surface area contributed by atoms with Crippen LogP contribution in [0.3, 0.4) is 0 Å². The molecule has 2 unspecified atom stereocenters. The lowest BCUT2D eigenvalue weighted by atomic mass is 9.79. The monoisotopic (exact) mass is 242 g/mol. The summed E-state index contributed by atoms with van der Waals surface area (Å²) >= 11 is 0. The molecule has 3 nitrogen and oxygen atoms in total. The molecule has 3 heteroatoms. The molecule has 1 fully saturated rings. The van der Waals surface area contributed by atoms with E-state index >= 15 is 0 Å². The quantitative estimate of drug-likeness (QED) is 0.669. The van der Waals surface area contributed by atoms with Crippen LogP contribution in [-0.4, -0.2) is 48.3 Å². The molecule has 0 radical (unpaired) electrons. The molecular weight excluding hydrogens is 212 g/mol. The zero-order valence-corrected chi connectivity index (χ0v) is 11.8. The fourth-order valence-corrected chi connectivity index (χ4v) is 2.89. The van der Waals surface area contributed by atoms with Gasteiger partial charge in [0.2, 0.25) is 0 Å². The Balaban J connectivity index is 2.16. The predicted molar refractivity (Wildman–Crippen MR) is 73.2 cm³/mol. The summed E-state index contributed by atoms with van der Waals surface area (Å²) in [6, 6.07) is 0. The van der Waals surface area contributed by atoms with Gasteiger partial charge < -0.3 is 15.3 Å². The van der Waals surface area contributed by atoms with Gasteiger partial charge in [0.25, 0.3) is 0 Å². The molecule has 0 heterocycles. The van der Waals surface area contributed by atoms with Gasteiger partial charge in [0, 0.05) is 19.6 Å². The molecular formula is C14H30N2O. The minimum atomic E-state index is -0.444. The molecule has 0 saturated heterocycles. The summed E-state index contributed by atoms with van der Waals surface area (Å²) in [7, 11) is 0. The Morgan fingerprint density at radius 1 is 1.35 bits per heavy atom. The number of hydrogen-bond acceptors (Lipinski definition) is 3. The van der Waals surface area contributed by atoms with Gasteiger partial charge in [0.15, 0.2) is 0 Å². The van der Waals surface area contributed by atoms with Crippen molar-refractivity contribution < 1.29 is 5.11 Å². The molecule has 2 N–H and O–H groups in total. The first-order valence-electron chi connectivity index (χ1n) is 7.25. The Bertz CT molecular complexity index is 206. The topological polar surface area (TPSA) is 35.5 Å². The molecule has 0 aromatic heterocycles. The summed E-state index contributed by atoms with van der Waals surface area (Å²) in [5, 5.41) is 13.9. The minimum Gasteiger partial charge on any atom is -0.389 e. The third-order valence-corrected chi connectivity index (χ3v) is 4.02. The maximum absolute atomic E-state index is 10.4. The van der Waals surface area contributed by atoms with Gasteiger partial charge in [-0.2, -0.15) is 0 Å². The van der Waals surface area contributed by atoms with Crippen LogP contribution in [0.2, 0.25) is 0 Å². The first-order chi connectivity index (χ1) is 8.09. The molecule has 0 aromatic rings. The zero-order chi connectivity index (χ0) is 12.7. The van der Waals surface area contributed by atoms with Crippen LogP contribution in [0.25, 0.3) is 0 Å². The van der Waals surface area contributed by atoms with Crippen molar-refractivity contribution in [2.45, 2.75) is 52.1 Å². The van der Waals surface area contributed by atoms with Crippen LogP contribution in [0.15, 0.2) is 0 Å². The second-order valence-electron chi connectivity index (χ2n) is 5.63. The Hall–Kier alpha value is -0.120. The summed E-state index contributed by atoms with van der Waals surface area (Å²) < 4.78 is 0. The molecule has 1 saturated carbocycles. The third-order valence-electron chi connectivity index (χ3n) is 4.02. The lowest BCUT2D eigenvalue weighted by molar-refractivity contribution is -0.0118. The summed E-state index contributed by atoms with van der Waals surface area (Å²) in [6.07, 6.45) is 4.39. The molecule has 102 valence electrons. The van der Waals surface area contributed by atoms with Crippen molar-refractivity contribution in [3.63, 3.8) is 0 Å². The molecule has 0 bridgehead atoms. The van der Waals surface area contributed by atoms with E-state index < -0.39 is 5.60 Å². The van der Waals surface area contributed by atoms with E-state index in [1.165, 1.54) is 12.8 Å². The number of nitrogens with zero attached hydrogens (tertiary/aromatic N) is 1. The molecule has 0 spiro atoms. The van der Waals surface area contributed by atoms with Crippen LogP contribution >= 0.6 is 0 Å².